The quantitative estimate of drug-likeness (QED) is 0.823. The minimum atomic E-state index is -0.460. The Hall–Kier alpha value is -1.95. The van der Waals surface area contributed by atoms with Crippen LogP contribution in [-0.2, 0) is 4.79 Å². The second kappa shape index (κ2) is 6.47. The Bertz CT molecular complexity index is 504. The summed E-state index contributed by atoms with van der Waals surface area (Å²) in [5.41, 5.74) is 1.21. The summed E-state index contributed by atoms with van der Waals surface area (Å²) in [5, 5.41) is 11.5. The van der Waals surface area contributed by atoms with Crippen molar-refractivity contribution in [3.63, 3.8) is 0 Å². The molecule has 2 heterocycles. The Morgan fingerprint density at radius 1 is 1.50 bits per heavy atom. The van der Waals surface area contributed by atoms with E-state index in [1.807, 2.05) is 6.07 Å². The van der Waals surface area contributed by atoms with Gasteiger partial charge in [-0.05, 0) is 25.0 Å². The fourth-order valence-corrected chi connectivity index (χ4v) is 2.48. The van der Waals surface area contributed by atoms with Gasteiger partial charge in [0, 0.05) is 31.7 Å². The smallest absolute Gasteiger partial charge is 0.269 e. The molecule has 1 saturated heterocycles. The minimum Gasteiger partial charge on any atom is -0.387 e. The fourth-order valence-electron chi connectivity index (χ4n) is 2.48. The van der Waals surface area contributed by atoms with E-state index in [2.05, 4.69) is 10.3 Å². The first kappa shape index (κ1) is 14.5. The average Bonchev–Trinajstić information content (AvgIpc) is 2.53. The maximum absolute atomic E-state index is 11.6. The zero-order chi connectivity index (χ0) is 14.5. The molecule has 1 aromatic heterocycles. The predicted molar refractivity (Wildman–Crippen MR) is 73.3 cm³/mol. The normalized spacial score (nSPS) is 18.7. The lowest BCUT2D eigenvalue weighted by molar-refractivity contribution is -0.135. The van der Waals surface area contributed by atoms with Crippen LogP contribution in [0.25, 0.3) is 0 Å². The summed E-state index contributed by atoms with van der Waals surface area (Å²) >= 11 is 0. The van der Waals surface area contributed by atoms with Crippen LogP contribution in [0.1, 0.15) is 34.9 Å². The van der Waals surface area contributed by atoms with Crippen molar-refractivity contribution in [3.8, 4) is 0 Å². The Labute approximate surface area is 117 Å². The molecule has 2 N–H and O–H groups in total. The van der Waals surface area contributed by atoms with Gasteiger partial charge < -0.3 is 15.3 Å². The van der Waals surface area contributed by atoms with Gasteiger partial charge in [-0.3, -0.25) is 9.59 Å². The summed E-state index contributed by atoms with van der Waals surface area (Å²) in [4.78, 5) is 29.2. The monoisotopic (exact) mass is 277 g/mol. The number of rotatable bonds is 3. The number of amides is 2. The lowest BCUT2D eigenvalue weighted by atomic mass is 9.94. The topological polar surface area (TPSA) is 82.5 Å². The van der Waals surface area contributed by atoms with E-state index in [1.54, 1.807) is 24.1 Å². The molecular weight excluding hydrogens is 258 g/mol. The molecule has 1 fully saturated rings. The average molecular weight is 277 g/mol. The van der Waals surface area contributed by atoms with Gasteiger partial charge in [0.05, 0.1) is 0 Å². The zero-order valence-electron chi connectivity index (χ0n) is 11.5. The van der Waals surface area contributed by atoms with E-state index in [-0.39, 0.29) is 17.7 Å². The van der Waals surface area contributed by atoms with Crippen molar-refractivity contribution in [1.29, 1.82) is 0 Å². The van der Waals surface area contributed by atoms with Crippen molar-refractivity contribution in [3.05, 3.63) is 29.6 Å². The number of aliphatic hydroxyl groups excluding tert-OH is 1. The second-order valence-corrected chi connectivity index (χ2v) is 4.86. The van der Waals surface area contributed by atoms with Gasteiger partial charge in [0.25, 0.3) is 5.91 Å². The van der Waals surface area contributed by atoms with E-state index in [0.717, 1.165) is 18.5 Å². The van der Waals surface area contributed by atoms with E-state index < -0.39 is 6.61 Å². The number of pyridine rings is 1. The van der Waals surface area contributed by atoms with Gasteiger partial charge in [-0.25, -0.2) is 4.98 Å². The van der Waals surface area contributed by atoms with Crippen LogP contribution in [0.2, 0.25) is 0 Å². The Kier molecular flexibility index (Phi) is 4.68. The number of hydrogen-bond acceptors (Lipinski definition) is 4. The first-order valence-electron chi connectivity index (χ1n) is 6.73. The van der Waals surface area contributed by atoms with Crippen LogP contribution in [0.5, 0.6) is 0 Å². The molecule has 2 rings (SSSR count). The van der Waals surface area contributed by atoms with E-state index in [1.165, 1.54) is 0 Å². The maximum atomic E-state index is 11.6. The SMILES string of the molecule is CNC(=O)c1cccc([C@H]2CCCN(C(=O)CO)C2)n1. The van der Waals surface area contributed by atoms with Crippen LogP contribution in [0.3, 0.4) is 0 Å². The minimum absolute atomic E-state index is 0.115. The van der Waals surface area contributed by atoms with Crippen molar-refractivity contribution in [2.75, 3.05) is 26.7 Å². The summed E-state index contributed by atoms with van der Waals surface area (Å²) in [6.45, 7) is 0.757. The van der Waals surface area contributed by atoms with E-state index >= 15 is 0 Å². The molecule has 0 aliphatic carbocycles. The van der Waals surface area contributed by atoms with Gasteiger partial charge in [-0.2, -0.15) is 0 Å². The number of carbonyl (C=O) groups excluding carboxylic acids is 2. The standard InChI is InChI=1S/C14H19N3O3/c1-15-14(20)12-6-2-5-11(16-12)10-4-3-7-17(8-10)13(19)9-18/h2,5-6,10,18H,3-4,7-9H2,1H3,(H,15,20)/t10-/m0/s1. The van der Waals surface area contributed by atoms with Gasteiger partial charge in [-0.1, -0.05) is 6.07 Å². The first-order valence-corrected chi connectivity index (χ1v) is 6.73. The first-order chi connectivity index (χ1) is 9.65. The summed E-state index contributed by atoms with van der Waals surface area (Å²) in [6, 6.07) is 5.35. The highest BCUT2D eigenvalue weighted by molar-refractivity contribution is 5.92. The third-order valence-corrected chi connectivity index (χ3v) is 3.56. The van der Waals surface area contributed by atoms with Crippen molar-refractivity contribution in [2.45, 2.75) is 18.8 Å². The molecule has 1 aliphatic heterocycles. The highest BCUT2D eigenvalue weighted by Crippen LogP contribution is 2.25. The van der Waals surface area contributed by atoms with Gasteiger partial charge >= 0.3 is 0 Å². The molecular formula is C14H19N3O3. The third kappa shape index (κ3) is 3.14. The number of nitrogens with one attached hydrogen (secondary N) is 1. The molecule has 6 nitrogen and oxygen atoms in total. The van der Waals surface area contributed by atoms with Crippen LogP contribution in [0, 0.1) is 0 Å². The maximum Gasteiger partial charge on any atom is 0.269 e. The molecule has 20 heavy (non-hydrogen) atoms. The highest BCUT2D eigenvalue weighted by atomic mass is 16.3. The van der Waals surface area contributed by atoms with Crippen LogP contribution in [0.15, 0.2) is 18.2 Å². The molecule has 1 aliphatic rings. The van der Waals surface area contributed by atoms with E-state index in [9.17, 15) is 9.59 Å². The van der Waals surface area contributed by atoms with Gasteiger partial charge in [0.15, 0.2) is 0 Å². The molecule has 0 aromatic carbocycles. The van der Waals surface area contributed by atoms with Crippen molar-refractivity contribution >= 4 is 11.8 Å². The van der Waals surface area contributed by atoms with Gasteiger partial charge in [-0.15, -0.1) is 0 Å². The number of nitrogens with zero attached hydrogens (tertiary/aromatic N) is 2. The fraction of sp³-hybridized carbons (Fsp3) is 0.500. The van der Waals surface area contributed by atoms with E-state index in [0.29, 0.717) is 18.8 Å². The Balaban J connectivity index is 2.14. The molecule has 0 spiro atoms. The number of aromatic nitrogens is 1. The largest absolute Gasteiger partial charge is 0.387 e. The molecule has 1 atom stereocenters. The Morgan fingerprint density at radius 2 is 2.30 bits per heavy atom. The summed E-state index contributed by atoms with van der Waals surface area (Å²) in [5.74, 6) is -0.355. The van der Waals surface area contributed by atoms with Crippen molar-refractivity contribution in [2.24, 2.45) is 0 Å². The second-order valence-electron chi connectivity index (χ2n) is 4.86. The van der Waals surface area contributed by atoms with Gasteiger partial charge in [0.2, 0.25) is 5.91 Å². The highest BCUT2D eigenvalue weighted by Gasteiger charge is 2.25. The lowest BCUT2D eigenvalue weighted by Gasteiger charge is -2.32. The summed E-state index contributed by atoms with van der Waals surface area (Å²) in [6.07, 6.45) is 1.81. The number of piperidine rings is 1. The molecule has 0 unspecified atom stereocenters. The van der Waals surface area contributed by atoms with E-state index in [4.69, 9.17) is 5.11 Å². The molecule has 2 amide bonds. The molecule has 0 radical (unpaired) electrons. The predicted octanol–water partition coefficient (Wildman–Crippen LogP) is 0.139. The molecule has 108 valence electrons. The molecule has 0 bridgehead atoms. The van der Waals surface area contributed by atoms with Crippen LogP contribution < -0.4 is 5.32 Å². The summed E-state index contributed by atoms with van der Waals surface area (Å²) < 4.78 is 0. The number of likely N-dealkylation sites (tertiary alicyclic amines) is 1. The molecule has 0 saturated carbocycles. The summed E-state index contributed by atoms with van der Waals surface area (Å²) in [7, 11) is 1.57. The van der Waals surface area contributed by atoms with Crippen molar-refractivity contribution in [1.82, 2.24) is 15.2 Å². The van der Waals surface area contributed by atoms with Crippen LogP contribution >= 0.6 is 0 Å². The van der Waals surface area contributed by atoms with Gasteiger partial charge in [0.1, 0.15) is 12.3 Å². The third-order valence-electron chi connectivity index (χ3n) is 3.56. The number of hydrogen-bond donors (Lipinski definition) is 2. The Morgan fingerprint density at radius 3 is 3.00 bits per heavy atom. The molecule has 1 aromatic rings. The number of carbonyl (C=O) groups is 2. The number of aliphatic hydroxyl groups is 1. The molecule has 6 heteroatoms. The van der Waals surface area contributed by atoms with Crippen LogP contribution in [-0.4, -0.2) is 53.5 Å². The lowest BCUT2D eigenvalue weighted by Crippen LogP contribution is -2.40. The van der Waals surface area contributed by atoms with Crippen molar-refractivity contribution < 1.29 is 14.7 Å². The zero-order valence-corrected chi connectivity index (χ0v) is 11.5. The van der Waals surface area contributed by atoms with Crippen LogP contribution in [0.4, 0.5) is 0 Å².